The molecule has 4 nitrogen and oxygen atoms in total. The van der Waals surface area contributed by atoms with Crippen molar-refractivity contribution < 1.29 is 13.2 Å². The smallest absolute Gasteiger partial charge is 0.238 e. The van der Waals surface area contributed by atoms with Gasteiger partial charge in [-0.3, -0.25) is 4.79 Å². The summed E-state index contributed by atoms with van der Waals surface area (Å²) in [5, 5.41) is 0. The largest absolute Gasteiger partial charge is 0.274 e. The van der Waals surface area contributed by atoms with Crippen molar-refractivity contribution in [1.29, 1.82) is 0 Å². The highest BCUT2D eigenvalue weighted by Gasteiger charge is 2.34. The molecule has 2 rings (SSSR count). The summed E-state index contributed by atoms with van der Waals surface area (Å²) in [6.45, 7) is 2.22. The maximum absolute atomic E-state index is 11.6. The van der Waals surface area contributed by atoms with Gasteiger partial charge in [-0.15, -0.1) is 0 Å². The fourth-order valence-electron chi connectivity index (χ4n) is 1.84. The van der Waals surface area contributed by atoms with E-state index in [1.807, 2.05) is 24.3 Å². The van der Waals surface area contributed by atoms with Gasteiger partial charge in [0.2, 0.25) is 15.9 Å². The Bertz CT molecular complexity index is 519. The van der Waals surface area contributed by atoms with Crippen LogP contribution in [-0.2, 0) is 27.8 Å². The third-order valence-corrected chi connectivity index (χ3v) is 4.67. The maximum Gasteiger partial charge on any atom is 0.238 e. The van der Waals surface area contributed by atoms with Gasteiger partial charge in [-0.1, -0.05) is 31.2 Å². The molecule has 0 saturated carbocycles. The lowest BCUT2D eigenvalue weighted by molar-refractivity contribution is -0.125. The second-order valence-corrected chi connectivity index (χ2v) is 6.15. The van der Waals surface area contributed by atoms with E-state index in [9.17, 15) is 13.2 Å². The number of carbonyl (C=O) groups excluding carboxylic acids is 1. The van der Waals surface area contributed by atoms with E-state index in [1.54, 1.807) is 0 Å². The lowest BCUT2D eigenvalue weighted by atomic mass is 10.1. The highest BCUT2D eigenvalue weighted by molar-refractivity contribution is 7.90. The van der Waals surface area contributed by atoms with Crippen LogP contribution >= 0.6 is 0 Å². The van der Waals surface area contributed by atoms with E-state index in [0.717, 1.165) is 16.3 Å². The molecule has 17 heavy (non-hydrogen) atoms. The van der Waals surface area contributed by atoms with Gasteiger partial charge in [0, 0.05) is 6.42 Å². The fraction of sp³-hybridized carbons (Fsp3) is 0.417. The summed E-state index contributed by atoms with van der Waals surface area (Å²) >= 11 is 0. The molecule has 1 aromatic carbocycles. The first-order chi connectivity index (χ1) is 8.03. The Morgan fingerprint density at radius 3 is 2.24 bits per heavy atom. The third kappa shape index (κ3) is 2.49. The molecule has 0 unspecified atom stereocenters. The van der Waals surface area contributed by atoms with Crippen molar-refractivity contribution in [3.8, 4) is 0 Å². The number of sulfonamides is 1. The van der Waals surface area contributed by atoms with Crippen LogP contribution in [0.15, 0.2) is 24.3 Å². The first kappa shape index (κ1) is 12.1. The number of nitrogens with zero attached hydrogens (tertiary/aromatic N) is 1. The molecule has 0 spiro atoms. The van der Waals surface area contributed by atoms with Crippen LogP contribution in [0.2, 0.25) is 0 Å². The van der Waals surface area contributed by atoms with E-state index in [1.165, 1.54) is 5.56 Å². The Morgan fingerprint density at radius 1 is 1.18 bits per heavy atom. The van der Waals surface area contributed by atoms with Crippen molar-refractivity contribution in [2.75, 3.05) is 5.75 Å². The molecule has 0 aliphatic carbocycles. The van der Waals surface area contributed by atoms with Crippen molar-refractivity contribution >= 4 is 15.9 Å². The van der Waals surface area contributed by atoms with Gasteiger partial charge in [-0.05, 0) is 17.5 Å². The van der Waals surface area contributed by atoms with Crippen LogP contribution in [0, 0.1) is 0 Å². The minimum atomic E-state index is -3.37. The molecule has 92 valence electrons. The fourth-order valence-corrected chi connectivity index (χ4v) is 3.24. The minimum absolute atomic E-state index is 0.0567. The van der Waals surface area contributed by atoms with Crippen molar-refractivity contribution in [2.24, 2.45) is 0 Å². The standard InChI is InChI=1S/C12H15NO3S/c1-2-10-3-5-11(6-4-10)9-13-12(14)7-8-17(13,15)16/h3-6H,2,7-9H2,1H3. The lowest BCUT2D eigenvalue weighted by Gasteiger charge is -2.14. The minimum Gasteiger partial charge on any atom is -0.274 e. The molecular weight excluding hydrogens is 238 g/mol. The number of hydrogen-bond donors (Lipinski definition) is 0. The predicted molar refractivity (Wildman–Crippen MR) is 64.8 cm³/mol. The molecule has 0 aromatic heterocycles. The quantitative estimate of drug-likeness (QED) is 0.816. The first-order valence-corrected chi connectivity index (χ1v) is 7.25. The Balaban J connectivity index is 2.17. The maximum atomic E-state index is 11.6. The molecule has 1 fully saturated rings. The molecule has 0 atom stereocenters. The second-order valence-electron chi connectivity index (χ2n) is 4.14. The SMILES string of the molecule is CCc1ccc(CN2C(=O)CCS2(=O)=O)cc1. The molecule has 1 aliphatic heterocycles. The van der Waals surface area contributed by atoms with Gasteiger partial charge in [-0.2, -0.15) is 0 Å². The van der Waals surface area contributed by atoms with Gasteiger partial charge < -0.3 is 0 Å². The molecule has 1 amide bonds. The highest BCUT2D eigenvalue weighted by atomic mass is 32.2. The summed E-state index contributed by atoms with van der Waals surface area (Å²) in [7, 11) is -3.37. The third-order valence-electron chi connectivity index (χ3n) is 2.95. The van der Waals surface area contributed by atoms with E-state index in [4.69, 9.17) is 0 Å². The number of rotatable bonds is 3. The molecular formula is C12H15NO3S. The van der Waals surface area contributed by atoms with Gasteiger partial charge in [-0.25, -0.2) is 12.7 Å². The van der Waals surface area contributed by atoms with Gasteiger partial charge in [0.25, 0.3) is 0 Å². The van der Waals surface area contributed by atoms with Crippen LogP contribution in [0.1, 0.15) is 24.5 Å². The monoisotopic (exact) mass is 253 g/mol. The van der Waals surface area contributed by atoms with E-state index in [0.29, 0.717) is 0 Å². The van der Waals surface area contributed by atoms with E-state index in [2.05, 4.69) is 6.92 Å². The zero-order valence-corrected chi connectivity index (χ0v) is 10.5. The predicted octanol–water partition coefficient (Wildman–Crippen LogP) is 1.31. The molecule has 1 aliphatic rings. The van der Waals surface area contributed by atoms with Crippen molar-refractivity contribution in [3.05, 3.63) is 35.4 Å². The molecule has 1 saturated heterocycles. The summed E-state index contributed by atoms with van der Waals surface area (Å²) < 4.78 is 24.2. The molecule has 1 heterocycles. The Hall–Kier alpha value is -1.36. The van der Waals surface area contributed by atoms with Gasteiger partial charge in [0.1, 0.15) is 0 Å². The summed E-state index contributed by atoms with van der Waals surface area (Å²) in [5.41, 5.74) is 2.05. The van der Waals surface area contributed by atoms with Crippen LogP contribution in [-0.4, -0.2) is 24.4 Å². The average molecular weight is 253 g/mol. The van der Waals surface area contributed by atoms with Crippen molar-refractivity contribution in [1.82, 2.24) is 4.31 Å². The zero-order valence-electron chi connectivity index (χ0n) is 9.72. The Labute approximate surface area is 101 Å². The van der Waals surface area contributed by atoms with E-state index in [-0.39, 0.29) is 24.6 Å². The highest BCUT2D eigenvalue weighted by Crippen LogP contribution is 2.19. The van der Waals surface area contributed by atoms with E-state index < -0.39 is 10.0 Å². The Kier molecular flexibility index (Phi) is 3.19. The number of hydrogen-bond acceptors (Lipinski definition) is 3. The lowest BCUT2D eigenvalue weighted by Crippen LogP contribution is -2.28. The van der Waals surface area contributed by atoms with Crippen LogP contribution in [0.3, 0.4) is 0 Å². The number of aryl methyl sites for hydroxylation is 1. The summed E-state index contributed by atoms with van der Waals surface area (Å²) in [6, 6.07) is 7.67. The number of amides is 1. The van der Waals surface area contributed by atoms with Crippen LogP contribution in [0.5, 0.6) is 0 Å². The molecule has 5 heteroatoms. The summed E-state index contributed by atoms with van der Waals surface area (Å²) in [5.74, 6) is -0.358. The van der Waals surface area contributed by atoms with Crippen LogP contribution in [0.4, 0.5) is 0 Å². The molecule has 0 N–H and O–H groups in total. The van der Waals surface area contributed by atoms with Crippen molar-refractivity contribution in [2.45, 2.75) is 26.3 Å². The van der Waals surface area contributed by atoms with Gasteiger partial charge in [0.15, 0.2) is 0 Å². The average Bonchev–Trinajstić information content (AvgIpc) is 2.57. The van der Waals surface area contributed by atoms with Crippen LogP contribution in [0.25, 0.3) is 0 Å². The molecule has 0 radical (unpaired) electrons. The molecule has 1 aromatic rings. The molecule has 0 bridgehead atoms. The number of benzene rings is 1. The van der Waals surface area contributed by atoms with Crippen LogP contribution < -0.4 is 0 Å². The zero-order chi connectivity index (χ0) is 12.5. The summed E-state index contributed by atoms with van der Waals surface area (Å²) in [6.07, 6.45) is 1.05. The van der Waals surface area contributed by atoms with Gasteiger partial charge >= 0.3 is 0 Å². The first-order valence-electron chi connectivity index (χ1n) is 5.64. The second kappa shape index (κ2) is 4.49. The summed E-state index contributed by atoms with van der Waals surface area (Å²) in [4.78, 5) is 11.5. The topological polar surface area (TPSA) is 54.5 Å². The van der Waals surface area contributed by atoms with E-state index >= 15 is 0 Å². The normalized spacial score (nSPS) is 18.6. The Morgan fingerprint density at radius 2 is 1.76 bits per heavy atom. The van der Waals surface area contributed by atoms with Crippen molar-refractivity contribution in [3.63, 3.8) is 0 Å². The van der Waals surface area contributed by atoms with Gasteiger partial charge in [0.05, 0.1) is 12.3 Å². The number of carbonyl (C=O) groups is 1.